The maximum atomic E-state index is 11.7. The highest BCUT2D eigenvalue weighted by molar-refractivity contribution is 6.00. The number of ketones is 1. The molecule has 122 valence electrons. The highest BCUT2D eigenvalue weighted by atomic mass is 16.3. The molecule has 1 unspecified atom stereocenters. The molecule has 0 saturated heterocycles. The van der Waals surface area contributed by atoms with E-state index in [2.05, 4.69) is 20.8 Å². The molecule has 1 fully saturated rings. The van der Waals surface area contributed by atoms with E-state index in [9.17, 15) is 20.1 Å². The Hall–Kier alpha value is -1.71. The quantitative estimate of drug-likeness (QED) is 0.732. The summed E-state index contributed by atoms with van der Waals surface area (Å²) in [5, 5.41) is 30.7. The molecule has 4 nitrogen and oxygen atoms in total. The molecule has 0 amide bonds. The Labute approximate surface area is 131 Å². The van der Waals surface area contributed by atoms with Gasteiger partial charge in [0.1, 0.15) is 22.8 Å². The third-order valence-corrected chi connectivity index (χ3v) is 5.04. The molecular weight excluding hydrogens is 280 g/mol. The minimum atomic E-state index is -0.402. The zero-order valence-corrected chi connectivity index (χ0v) is 13.8. The summed E-state index contributed by atoms with van der Waals surface area (Å²) >= 11 is 0. The monoisotopic (exact) mass is 306 g/mol. The summed E-state index contributed by atoms with van der Waals surface area (Å²) in [7, 11) is 0. The second-order valence-corrected chi connectivity index (χ2v) is 7.04. The summed E-state index contributed by atoms with van der Waals surface area (Å²) in [6.45, 7) is 7.77. The van der Waals surface area contributed by atoms with Crippen molar-refractivity contribution in [3.63, 3.8) is 0 Å². The van der Waals surface area contributed by atoms with E-state index < -0.39 is 5.78 Å². The molecule has 1 saturated carbocycles. The third kappa shape index (κ3) is 2.92. The Morgan fingerprint density at radius 3 is 2.36 bits per heavy atom. The summed E-state index contributed by atoms with van der Waals surface area (Å²) in [6, 6.07) is 1.18. The second kappa shape index (κ2) is 6.19. The lowest BCUT2D eigenvalue weighted by atomic mass is 9.67. The normalized spacial score (nSPS) is 25.4. The Kier molecular flexibility index (Phi) is 4.69. The maximum absolute atomic E-state index is 11.7. The van der Waals surface area contributed by atoms with Crippen molar-refractivity contribution in [1.29, 1.82) is 0 Å². The first-order valence-electron chi connectivity index (χ1n) is 8.02. The van der Waals surface area contributed by atoms with Crippen LogP contribution in [0.5, 0.6) is 17.2 Å². The predicted octanol–water partition coefficient (Wildman–Crippen LogP) is 4.18. The molecule has 0 heterocycles. The lowest BCUT2D eigenvalue weighted by molar-refractivity contribution is 0.101. The zero-order valence-electron chi connectivity index (χ0n) is 13.8. The van der Waals surface area contributed by atoms with Crippen LogP contribution in [0.4, 0.5) is 0 Å². The van der Waals surface area contributed by atoms with Crippen molar-refractivity contribution < 1.29 is 20.1 Å². The average molecular weight is 306 g/mol. The predicted molar refractivity (Wildman–Crippen MR) is 85.5 cm³/mol. The van der Waals surface area contributed by atoms with Crippen molar-refractivity contribution in [3.8, 4) is 17.2 Å². The van der Waals surface area contributed by atoms with Crippen molar-refractivity contribution in [2.24, 2.45) is 17.8 Å². The fourth-order valence-electron chi connectivity index (χ4n) is 3.90. The Morgan fingerprint density at radius 2 is 1.82 bits per heavy atom. The first-order valence-corrected chi connectivity index (χ1v) is 8.02. The number of Topliss-reactive ketones (excluding diaryl/α,β-unsaturated/α-hetero) is 1. The topological polar surface area (TPSA) is 77.8 Å². The van der Waals surface area contributed by atoms with E-state index >= 15 is 0 Å². The fourth-order valence-corrected chi connectivity index (χ4v) is 3.90. The van der Waals surface area contributed by atoms with Crippen LogP contribution in [-0.2, 0) is 0 Å². The highest BCUT2D eigenvalue weighted by Crippen LogP contribution is 2.51. The molecule has 1 aromatic rings. The number of phenols is 3. The van der Waals surface area contributed by atoms with Crippen LogP contribution >= 0.6 is 0 Å². The number of hydrogen-bond acceptors (Lipinski definition) is 4. The Balaban J connectivity index is 2.58. The number of phenolic OH excluding ortho intramolecular Hbond substituents is 3. The van der Waals surface area contributed by atoms with Gasteiger partial charge in [0, 0.05) is 11.6 Å². The van der Waals surface area contributed by atoms with Gasteiger partial charge in [-0.2, -0.15) is 0 Å². The van der Waals surface area contributed by atoms with Crippen LogP contribution in [0.2, 0.25) is 0 Å². The fraction of sp³-hybridized carbons (Fsp3) is 0.611. The SMILES string of the molecule is CC(=O)c1c(O)cc(O)c([C@H]2CC(C)CC[C@@H]2C(C)C)c1O. The second-order valence-electron chi connectivity index (χ2n) is 7.04. The van der Waals surface area contributed by atoms with Crippen molar-refractivity contribution in [2.75, 3.05) is 0 Å². The van der Waals surface area contributed by atoms with Crippen molar-refractivity contribution in [3.05, 3.63) is 17.2 Å². The molecule has 0 aromatic heterocycles. The number of carbonyl (C=O) groups is 1. The van der Waals surface area contributed by atoms with E-state index in [4.69, 9.17) is 0 Å². The van der Waals surface area contributed by atoms with Crippen LogP contribution in [0.15, 0.2) is 6.07 Å². The first kappa shape index (κ1) is 16.7. The van der Waals surface area contributed by atoms with Crippen molar-refractivity contribution >= 4 is 5.78 Å². The lowest BCUT2D eigenvalue weighted by Gasteiger charge is -2.38. The molecule has 0 radical (unpaired) electrons. The lowest BCUT2D eigenvalue weighted by Crippen LogP contribution is -2.26. The minimum Gasteiger partial charge on any atom is -0.507 e. The highest BCUT2D eigenvalue weighted by Gasteiger charge is 2.36. The summed E-state index contributed by atoms with van der Waals surface area (Å²) in [6.07, 6.45) is 3.04. The summed E-state index contributed by atoms with van der Waals surface area (Å²) in [4.78, 5) is 11.7. The average Bonchev–Trinajstić information content (AvgIpc) is 2.36. The van der Waals surface area contributed by atoms with Gasteiger partial charge in [0.05, 0.1) is 0 Å². The largest absolute Gasteiger partial charge is 0.507 e. The van der Waals surface area contributed by atoms with Gasteiger partial charge in [-0.25, -0.2) is 0 Å². The number of hydrogen-bond donors (Lipinski definition) is 3. The molecule has 0 spiro atoms. The van der Waals surface area contributed by atoms with E-state index in [1.165, 1.54) is 13.0 Å². The van der Waals surface area contributed by atoms with Crippen molar-refractivity contribution in [2.45, 2.75) is 52.9 Å². The molecule has 3 atom stereocenters. The molecule has 0 aliphatic heterocycles. The van der Waals surface area contributed by atoms with Crippen LogP contribution in [0.3, 0.4) is 0 Å². The van der Waals surface area contributed by atoms with Gasteiger partial charge >= 0.3 is 0 Å². The zero-order chi connectivity index (χ0) is 16.6. The number of rotatable bonds is 3. The van der Waals surface area contributed by atoms with E-state index in [0.717, 1.165) is 19.3 Å². The van der Waals surface area contributed by atoms with Crippen molar-refractivity contribution in [1.82, 2.24) is 0 Å². The number of aromatic hydroxyl groups is 3. The van der Waals surface area contributed by atoms with Gasteiger partial charge in [-0.1, -0.05) is 27.2 Å². The van der Waals surface area contributed by atoms with E-state index in [1.807, 2.05) is 0 Å². The minimum absolute atomic E-state index is 0.00227. The summed E-state index contributed by atoms with van der Waals surface area (Å²) < 4.78 is 0. The molecule has 1 aliphatic carbocycles. The van der Waals surface area contributed by atoms with Gasteiger partial charge in [-0.3, -0.25) is 4.79 Å². The first-order chi connectivity index (χ1) is 10.2. The molecule has 4 heteroatoms. The maximum Gasteiger partial charge on any atom is 0.167 e. The molecular formula is C18H26O4. The van der Waals surface area contributed by atoms with E-state index in [1.54, 1.807) is 0 Å². The summed E-state index contributed by atoms with van der Waals surface area (Å²) in [5.74, 6) is 0.135. The van der Waals surface area contributed by atoms with Gasteiger partial charge in [0.25, 0.3) is 0 Å². The van der Waals surface area contributed by atoms with Crippen LogP contribution < -0.4 is 0 Å². The van der Waals surface area contributed by atoms with Gasteiger partial charge in [0.15, 0.2) is 5.78 Å². The van der Waals surface area contributed by atoms with Gasteiger partial charge in [0.2, 0.25) is 0 Å². The van der Waals surface area contributed by atoms with Gasteiger partial charge < -0.3 is 15.3 Å². The smallest absolute Gasteiger partial charge is 0.167 e. The number of benzene rings is 1. The molecule has 2 rings (SSSR count). The molecule has 0 bridgehead atoms. The molecule has 3 N–H and O–H groups in total. The van der Waals surface area contributed by atoms with Gasteiger partial charge in [-0.05, 0) is 43.4 Å². The van der Waals surface area contributed by atoms with Crippen LogP contribution in [-0.4, -0.2) is 21.1 Å². The van der Waals surface area contributed by atoms with Gasteiger partial charge in [-0.15, -0.1) is 0 Å². The summed E-state index contributed by atoms with van der Waals surface area (Å²) in [5.41, 5.74) is 0.335. The standard InChI is InChI=1S/C18H26O4/c1-9(2)12-6-5-10(3)7-13(12)17-15(21)8-14(20)16(11(4)19)18(17)22/h8-10,12-13,20-22H,5-7H2,1-4H3/t10?,12-,13+/m1/s1. The van der Waals surface area contributed by atoms with Crippen LogP contribution in [0.25, 0.3) is 0 Å². The third-order valence-electron chi connectivity index (χ3n) is 5.04. The molecule has 22 heavy (non-hydrogen) atoms. The van der Waals surface area contributed by atoms with Crippen LogP contribution in [0, 0.1) is 17.8 Å². The number of carbonyl (C=O) groups excluding carboxylic acids is 1. The van der Waals surface area contributed by atoms with E-state index in [-0.39, 0.29) is 28.7 Å². The Bertz CT molecular complexity index is 577. The molecule has 1 aliphatic rings. The van der Waals surface area contributed by atoms with E-state index in [0.29, 0.717) is 23.3 Å². The Morgan fingerprint density at radius 1 is 1.18 bits per heavy atom. The molecule has 1 aromatic carbocycles. The van der Waals surface area contributed by atoms with Crippen LogP contribution in [0.1, 0.15) is 68.8 Å².